The minimum Gasteiger partial charge on any atom is -0.497 e. The first-order chi connectivity index (χ1) is 11.2. The van der Waals surface area contributed by atoms with Gasteiger partial charge in [-0.1, -0.05) is 42.5 Å². The maximum atomic E-state index is 6.26. The Morgan fingerprint density at radius 1 is 0.913 bits per heavy atom. The number of hydrogen-bond acceptors (Lipinski definition) is 3. The summed E-state index contributed by atoms with van der Waals surface area (Å²) in [5.74, 6) is 1.79. The molecule has 4 nitrogen and oxygen atoms in total. The van der Waals surface area contributed by atoms with Gasteiger partial charge in [-0.15, -0.1) is 0 Å². The van der Waals surface area contributed by atoms with Gasteiger partial charge in [0.2, 0.25) is 0 Å². The van der Waals surface area contributed by atoms with Gasteiger partial charge in [0.15, 0.2) is 0 Å². The van der Waals surface area contributed by atoms with E-state index in [2.05, 4.69) is 17.1 Å². The average Bonchev–Trinajstić information content (AvgIpc) is 2.61. The third kappa shape index (κ3) is 2.97. The lowest BCUT2D eigenvalue weighted by Crippen LogP contribution is -2.13. The van der Waals surface area contributed by atoms with Gasteiger partial charge < -0.3 is 15.2 Å². The first kappa shape index (κ1) is 14.9. The zero-order chi connectivity index (χ0) is 16.2. The van der Waals surface area contributed by atoms with E-state index < -0.39 is 0 Å². The Balaban J connectivity index is 2.12. The maximum absolute atomic E-state index is 6.26. The van der Waals surface area contributed by atoms with Crippen molar-refractivity contribution in [2.45, 2.75) is 0 Å². The lowest BCUT2D eigenvalue weighted by atomic mass is 10.0. The van der Waals surface area contributed by atoms with E-state index >= 15 is 0 Å². The summed E-state index contributed by atoms with van der Waals surface area (Å²) in [5, 5.41) is 2.19. The molecule has 0 aliphatic rings. The molecule has 0 heterocycles. The molecule has 0 aliphatic carbocycles. The van der Waals surface area contributed by atoms with E-state index in [4.69, 9.17) is 15.2 Å². The third-order valence-corrected chi connectivity index (χ3v) is 3.69. The highest BCUT2D eigenvalue weighted by atomic mass is 16.5. The Morgan fingerprint density at radius 3 is 2.48 bits per heavy atom. The molecule has 116 valence electrons. The summed E-state index contributed by atoms with van der Waals surface area (Å²) in [6.45, 7) is 0. The van der Waals surface area contributed by atoms with Crippen LogP contribution in [-0.2, 0) is 0 Å². The predicted molar refractivity (Wildman–Crippen MR) is 93.9 cm³/mol. The molecular formula is C19H18N2O2. The van der Waals surface area contributed by atoms with Crippen LogP contribution < -0.4 is 15.2 Å². The van der Waals surface area contributed by atoms with Gasteiger partial charge in [0, 0.05) is 11.6 Å². The van der Waals surface area contributed by atoms with Crippen LogP contribution in [0.3, 0.4) is 0 Å². The van der Waals surface area contributed by atoms with Crippen LogP contribution in [0.2, 0.25) is 0 Å². The molecule has 0 unspecified atom stereocenters. The Hall–Kier alpha value is -3.01. The fourth-order valence-electron chi connectivity index (χ4n) is 2.52. The summed E-state index contributed by atoms with van der Waals surface area (Å²) in [6, 6.07) is 19.5. The molecule has 0 aromatic heterocycles. The van der Waals surface area contributed by atoms with Gasteiger partial charge in [-0.3, -0.25) is 0 Å². The van der Waals surface area contributed by atoms with Gasteiger partial charge >= 0.3 is 0 Å². The molecular weight excluding hydrogens is 288 g/mol. The minimum absolute atomic E-state index is 0.438. The van der Waals surface area contributed by atoms with Gasteiger partial charge in [-0.25, -0.2) is 4.99 Å². The molecule has 0 aliphatic heterocycles. The van der Waals surface area contributed by atoms with Gasteiger partial charge in [0.05, 0.1) is 14.2 Å². The first-order valence-electron chi connectivity index (χ1n) is 7.27. The molecule has 0 saturated heterocycles. The topological polar surface area (TPSA) is 56.8 Å². The summed E-state index contributed by atoms with van der Waals surface area (Å²) >= 11 is 0. The standard InChI is InChI=1S/C19H18N2O2/c1-22-14-10-11-18(23-2)17(12-14)21-19(20)16-9-5-7-13-6-3-4-8-15(13)16/h3-12H,1-2H3,(H2,20,21). The number of methoxy groups -OCH3 is 2. The Bertz CT molecular complexity index is 867. The second-order valence-corrected chi connectivity index (χ2v) is 5.06. The zero-order valence-corrected chi connectivity index (χ0v) is 13.1. The minimum atomic E-state index is 0.438. The van der Waals surface area contributed by atoms with E-state index in [0.29, 0.717) is 23.0 Å². The van der Waals surface area contributed by atoms with Crippen LogP contribution in [0.25, 0.3) is 10.8 Å². The lowest BCUT2D eigenvalue weighted by molar-refractivity contribution is 0.404. The number of ether oxygens (including phenoxy) is 2. The highest BCUT2D eigenvalue weighted by Crippen LogP contribution is 2.32. The molecule has 4 heteroatoms. The number of benzene rings is 3. The number of amidine groups is 1. The number of nitrogens with two attached hydrogens (primary N) is 1. The molecule has 3 aromatic carbocycles. The number of fused-ring (bicyclic) bond motifs is 1. The summed E-state index contributed by atoms with van der Waals surface area (Å²) in [6.07, 6.45) is 0. The van der Waals surface area contributed by atoms with Crippen LogP contribution in [0.5, 0.6) is 11.5 Å². The summed E-state index contributed by atoms with van der Waals surface area (Å²) < 4.78 is 10.6. The fraction of sp³-hybridized carbons (Fsp3) is 0.105. The van der Waals surface area contributed by atoms with Crippen molar-refractivity contribution in [3.8, 4) is 11.5 Å². The molecule has 0 fully saturated rings. The second-order valence-electron chi connectivity index (χ2n) is 5.06. The predicted octanol–water partition coefficient (Wildman–Crippen LogP) is 3.89. The van der Waals surface area contributed by atoms with Crippen molar-refractivity contribution in [1.82, 2.24) is 0 Å². The number of hydrogen-bond donors (Lipinski definition) is 1. The van der Waals surface area contributed by atoms with Crippen LogP contribution in [0, 0.1) is 0 Å². The molecule has 0 atom stereocenters. The van der Waals surface area contributed by atoms with Crippen molar-refractivity contribution >= 4 is 22.3 Å². The van der Waals surface area contributed by atoms with Gasteiger partial charge in [0.25, 0.3) is 0 Å². The third-order valence-electron chi connectivity index (χ3n) is 3.69. The van der Waals surface area contributed by atoms with Crippen LogP contribution in [0.4, 0.5) is 5.69 Å². The van der Waals surface area contributed by atoms with Crippen molar-refractivity contribution in [3.05, 3.63) is 66.2 Å². The normalized spacial score (nSPS) is 11.5. The fourth-order valence-corrected chi connectivity index (χ4v) is 2.52. The summed E-state index contributed by atoms with van der Waals surface area (Å²) in [7, 11) is 3.22. The van der Waals surface area contributed by atoms with E-state index in [1.54, 1.807) is 20.3 Å². The molecule has 0 bridgehead atoms. The average molecular weight is 306 g/mol. The van der Waals surface area contributed by atoms with Gasteiger partial charge in [-0.2, -0.15) is 0 Å². The monoisotopic (exact) mass is 306 g/mol. The van der Waals surface area contributed by atoms with E-state index in [0.717, 1.165) is 16.3 Å². The van der Waals surface area contributed by atoms with Crippen LogP contribution in [0.15, 0.2) is 65.7 Å². The number of nitrogens with zero attached hydrogens (tertiary/aromatic N) is 1. The first-order valence-corrected chi connectivity index (χ1v) is 7.27. The number of rotatable bonds is 4. The zero-order valence-electron chi connectivity index (χ0n) is 13.1. The van der Waals surface area contributed by atoms with Crippen LogP contribution in [0.1, 0.15) is 5.56 Å². The molecule has 3 rings (SSSR count). The Morgan fingerprint density at radius 2 is 1.70 bits per heavy atom. The molecule has 0 spiro atoms. The maximum Gasteiger partial charge on any atom is 0.144 e. The van der Waals surface area contributed by atoms with E-state index in [-0.39, 0.29) is 0 Å². The van der Waals surface area contributed by atoms with E-state index in [1.807, 2.05) is 42.5 Å². The Kier molecular flexibility index (Phi) is 4.15. The SMILES string of the molecule is COc1ccc(OC)c(N=C(N)c2cccc3ccccc23)c1. The van der Waals surface area contributed by atoms with Crippen molar-refractivity contribution < 1.29 is 9.47 Å². The summed E-state index contributed by atoms with van der Waals surface area (Å²) in [5.41, 5.74) is 7.79. The van der Waals surface area contributed by atoms with Crippen molar-refractivity contribution in [3.63, 3.8) is 0 Å². The molecule has 0 radical (unpaired) electrons. The van der Waals surface area contributed by atoms with Crippen molar-refractivity contribution in [2.75, 3.05) is 14.2 Å². The van der Waals surface area contributed by atoms with Gasteiger partial charge in [0.1, 0.15) is 23.0 Å². The second kappa shape index (κ2) is 6.40. The van der Waals surface area contributed by atoms with Crippen molar-refractivity contribution in [1.29, 1.82) is 0 Å². The van der Waals surface area contributed by atoms with E-state index in [9.17, 15) is 0 Å². The lowest BCUT2D eigenvalue weighted by Gasteiger charge is -2.09. The largest absolute Gasteiger partial charge is 0.497 e. The Labute approximate surface area is 135 Å². The highest BCUT2D eigenvalue weighted by Gasteiger charge is 2.08. The number of aliphatic imine (C=N–C) groups is 1. The molecule has 0 saturated carbocycles. The summed E-state index contributed by atoms with van der Waals surface area (Å²) in [4.78, 5) is 4.55. The highest BCUT2D eigenvalue weighted by molar-refractivity contribution is 6.10. The van der Waals surface area contributed by atoms with Crippen LogP contribution in [-0.4, -0.2) is 20.1 Å². The van der Waals surface area contributed by atoms with Crippen molar-refractivity contribution in [2.24, 2.45) is 10.7 Å². The molecule has 2 N–H and O–H groups in total. The molecule has 23 heavy (non-hydrogen) atoms. The molecule has 0 amide bonds. The van der Waals surface area contributed by atoms with Crippen LogP contribution >= 0.6 is 0 Å². The van der Waals surface area contributed by atoms with Gasteiger partial charge in [-0.05, 0) is 22.9 Å². The van der Waals surface area contributed by atoms with E-state index in [1.165, 1.54) is 0 Å². The quantitative estimate of drug-likeness (QED) is 0.587. The molecule has 3 aromatic rings. The smallest absolute Gasteiger partial charge is 0.144 e.